The van der Waals surface area contributed by atoms with E-state index >= 15 is 0 Å². The van der Waals surface area contributed by atoms with Crippen LogP contribution in [0, 0.1) is 0 Å². The molecule has 0 heterocycles. The summed E-state index contributed by atoms with van der Waals surface area (Å²) in [4.78, 5) is 13.0. The fourth-order valence-corrected chi connectivity index (χ4v) is 1.10. The van der Waals surface area contributed by atoms with Crippen molar-refractivity contribution in [3.63, 3.8) is 0 Å². The normalized spacial score (nSPS) is 12.6. The van der Waals surface area contributed by atoms with Crippen LogP contribution in [0.15, 0.2) is 12.2 Å². The van der Waals surface area contributed by atoms with E-state index in [0.29, 0.717) is 12.1 Å². The van der Waals surface area contributed by atoms with Gasteiger partial charge in [0.05, 0.1) is 0 Å². The second kappa shape index (κ2) is 8.27. The van der Waals surface area contributed by atoms with Gasteiger partial charge in [0.15, 0.2) is 0 Å². The minimum absolute atomic E-state index is 0.00951. The third-order valence-electron chi connectivity index (χ3n) is 2.02. The largest absolute Gasteiger partial charge is 0.460 e. The minimum Gasteiger partial charge on any atom is -0.460 e. The van der Waals surface area contributed by atoms with Crippen molar-refractivity contribution >= 4 is 5.97 Å². The van der Waals surface area contributed by atoms with E-state index < -0.39 is 12.1 Å². The maximum absolute atomic E-state index is 11.0. The van der Waals surface area contributed by atoms with Crippen LogP contribution in [0.3, 0.4) is 0 Å². The molecule has 0 amide bonds. The predicted octanol–water partition coefficient (Wildman–Crippen LogP) is -0.382. The van der Waals surface area contributed by atoms with Crippen LogP contribution >= 0.6 is 0 Å². The first kappa shape index (κ1) is 15.1. The topological polar surface area (TPSA) is 61.8 Å². The van der Waals surface area contributed by atoms with Crippen molar-refractivity contribution in [1.82, 2.24) is 10.2 Å². The van der Waals surface area contributed by atoms with E-state index in [1.54, 1.807) is 6.92 Å². The molecule has 0 aromatic rings. The Morgan fingerprint density at radius 3 is 2.75 bits per heavy atom. The summed E-state index contributed by atoms with van der Waals surface area (Å²) in [6.07, 6.45) is -0.662. The molecule has 16 heavy (non-hydrogen) atoms. The van der Waals surface area contributed by atoms with Gasteiger partial charge in [-0.1, -0.05) is 6.58 Å². The van der Waals surface area contributed by atoms with E-state index in [4.69, 9.17) is 4.74 Å². The first-order valence-electron chi connectivity index (χ1n) is 5.31. The lowest BCUT2D eigenvalue weighted by Crippen LogP contribution is -2.36. The molecule has 0 aliphatic carbocycles. The van der Waals surface area contributed by atoms with Crippen molar-refractivity contribution in [3.05, 3.63) is 12.2 Å². The molecule has 0 aromatic heterocycles. The third kappa shape index (κ3) is 7.39. The highest BCUT2D eigenvalue weighted by Crippen LogP contribution is 1.95. The first-order chi connectivity index (χ1) is 7.47. The quantitative estimate of drug-likeness (QED) is 0.439. The number of aliphatic hydroxyl groups is 1. The van der Waals surface area contributed by atoms with Crippen molar-refractivity contribution in [1.29, 1.82) is 0 Å². The maximum atomic E-state index is 11.0. The van der Waals surface area contributed by atoms with Crippen LogP contribution in [-0.4, -0.2) is 62.4 Å². The van der Waals surface area contributed by atoms with Crippen molar-refractivity contribution in [2.75, 3.05) is 40.3 Å². The average molecular weight is 230 g/mol. The van der Waals surface area contributed by atoms with Crippen molar-refractivity contribution in [3.8, 4) is 0 Å². The van der Waals surface area contributed by atoms with Crippen LogP contribution in [0.4, 0.5) is 0 Å². The number of nitrogens with one attached hydrogen (secondary N) is 1. The molecule has 0 aliphatic rings. The average Bonchev–Trinajstić information content (AvgIpc) is 2.22. The lowest BCUT2D eigenvalue weighted by molar-refractivity contribution is -0.142. The van der Waals surface area contributed by atoms with Gasteiger partial charge in [-0.15, -0.1) is 0 Å². The van der Waals surface area contributed by atoms with Crippen molar-refractivity contribution in [2.45, 2.75) is 13.0 Å². The second-order valence-corrected chi connectivity index (χ2v) is 3.90. The summed E-state index contributed by atoms with van der Waals surface area (Å²) in [6, 6.07) is 0. The highest BCUT2D eigenvalue weighted by atomic mass is 16.5. The molecule has 1 unspecified atom stereocenters. The van der Waals surface area contributed by atoms with Crippen LogP contribution in [-0.2, 0) is 9.53 Å². The Morgan fingerprint density at radius 2 is 2.25 bits per heavy atom. The number of aliphatic hydroxyl groups excluding tert-OH is 1. The van der Waals surface area contributed by atoms with Crippen molar-refractivity contribution in [2.24, 2.45) is 0 Å². The molecule has 0 saturated carbocycles. The number of likely N-dealkylation sites (N-methyl/N-ethyl adjacent to an activating group) is 2. The van der Waals surface area contributed by atoms with Gasteiger partial charge in [-0.3, -0.25) is 0 Å². The number of carbonyl (C=O) groups excluding carboxylic acids is 1. The lowest BCUT2D eigenvalue weighted by atomic mass is 10.3. The predicted molar refractivity (Wildman–Crippen MR) is 63.2 cm³/mol. The zero-order valence-corrected chi connectivity index (χ0v) is 10.3. The Morgan fingerprint density at radius 1 is 1.62 bits per heavy atom. The summed E-state index contributed by atoms with van der Waals surface area (Å²) in [5, 5.41) is 12.6. The Balaban J connectivity index is 3.69. The summed E-state index contributed by atoms with van der Waals surface area (Å²) >= 11 is 0. The first-order valence-corrected chi connectivity index (χ1v) is 5.31. The Kier molecular flexibility index (Phi) is 7.80. The molecule has 1 atom stereocenters. The molecular weight excluding hydrogens is 208 g/mol. The lowest BCUT2D eigenvalue weighted by Gasteiger charge is -2.20. The molecule has 0 spiro atoms. The second-order valence-electron chi connectivity index (χ2n) is 3.90. The van der Waals surface area contributed by atoms with E-state index in [1.165, 1.54) is 0 Å². The van der Waals surface area contributed by atoms with Gasteiger partial charge in [-0.05, 0) is 21.0 Å². The standard InChI is InChI=1S/C11H22N2O3/c1-9(2)11(15)16-8-10(14)7-13(4)6-5-12-3/h10,12,14H,1,5-8H2,2-4H3. The van der Waals surface area contributed by atoms with Gasteiger partial charge in [0.2, 0.25) is 0 Å². The summed E-state index contributed by atoms with van der Waals surface area (Å²) in [5.41, 5.74) is 0.343. The van der Waals surface area contributed by atoms with Crippen LogP contribution in [0.25, 0.3) is 0 Å². The zero-order valence-electron chi connectivity index (χ0n) is 10.3. The number of hydrogen-bond donors (Lipinski definition) is 2. The van der Waals surface area contributed by atoms with Gasteiger partial charge >= 0.3 is 5.97 Å². The molecule has 5 heteroatoms. The maximum Gasteiger partial charge on any atom is 0.333 e. The molecule has 0 radical (unpaired) electrons. The number of ether oxygens (including phenoxy) is 1. The van der Waals surface area contributed by atoms with Gasteiger partial charge in [0, 0.05) is 25.2 Å². The summed E-state index contributed by atoms with van der Waals surface area (Å²) in [5.74, 6) is -0.461. The number of rotatable bonds is 8. The molecule has 0 rings (SSSR count). The minimum atomic E-state index is -0.662. The fraction of sp³-hybridized carbons (Fsp3) is 0.727. The summed E-state index contributed by atoms with van der Waals surface area (Å²) in [6.45, 7) is 7.21. The fourth-order valence-electron chi connectivity index (χ4n) is 1.10. The highest BCUT2D eigenvalue weighted by Gasteiger charge is 2.11. The Labute approximate surface area is 97.1 Å². The van der Waals surface area contributed by atoms with E-state index in [1.807, 2.05) is 19.0 Å². The van der Waals surface area contributed by atoms with Crippen LogP contribution in [0.5, 0.6) is 0 Å². The van der Waals surface area contributed by atoms with E-state index in [0.717, 1.165) is 13.1 Å². The van der Waals surface area contributed by atoms with E-state index in [2.05, 4.69) is 11.9 Å². The number of esters is 1. The van der Waals surface area contributed by atoms with E-state index in [9.17, 15) is 9.90 Å². The molecule has 2 N–H and O–H groups in total. The molecule has 5 nitrogen and oxygen atoms in total. The van der Waals surface area contributed by atoms with Gasteiger partial charge in [0.1, 0.15) is 12.7 Å². The van der Waals surface area contributed by atoms with Gasteiger partial charge < -0.3 is 20.1 Å². The monoisotopic (exact) mass is 230 g/mol. The van der Waals surface area contributed by atoms with Crippen LogP contribution < -0.4 is 5.32 Å². The molecule has 0 aromatic carbocycles. The molecule has 0 aliphatic heterocycles. The van der Waals surface area contributed by atoms with Crippen LogP contribution in [0.2, 0.25) is 0 Å². The Bertz CT molecular complexity index is 231. The Hall–Kier alpha value is -0.910. The molecule has 0 bridgehead atoms. The van der Waals surface area contributed by atoms with Crippen LogP contribution in [0.1, 0.15) is 6.92 Å². The number of nitrogens with zero attached hydrogens (tertiary/aromatic N) is 1. The SMILES string of the molecule is C=C(C)C(=O)OCC(O)CN(C)CCNC. The van der Waals surface area contributed by atoms with E-state index in [-0.39, 0.29) is 6.61 Å². The highest BCUT2D eigenvalue weighted by molar-refractivity contribution is 5.86. The summed E-state index contributed by atoms with van der Waals surface area (Å²) in [7, 11) is 3.78. The summed E-state index contributed by atoms with van der Waals surface area (Å²) < 4.78 is 4.84. The molecule has 0 fully saturated rings. The zero-order chi connectivity index (χ0) is 12.6. The smallest absolute Gasteiger partial charge is 0.333 e. The number of hydrogen-bond acceptors (Lipinski definition) is 5. The van der Waals surface area contributed by atoms with Crippen molar-refractivity contribution < 1.29 is 14.6 Å². The molecule has 94 valence electrons. The third-order valence-corrected chi connectivity index (χ3v) is 2.02. The number of carbonyl (C=O) groups is 1. The van der Waals surface area contributed by atoms with Gasteiger partial charge in [-0.25, -0.2) is 4.79 Å². The molecular formula is C11H22N2O3. The van der Waals surface area contributed by atoms with Gasteiger partial charge in [-0.2, -0.15) is 0 Å². The van der Waals surface area contributed by atoms with Gasteiger partial charge in [0.25, 0.3) is 0 Å². The molecule has 0 saturated heterocycles.